The number of rotatable bonds is 5. The lowest BCUT2D eigenvalue weighted by Gasteiger charge is -2.38. The van der Waals surface area contributed by atoms with Crippen LogP contribution in [-0.2, 0) is 19.1 Å². The summed E-state index contributed by atoms with van der Waals surface area (Å²) in [4.78, 5) is 27.9. The highest BCUT2D eigenvalue weighted by Gasteiger charge is 2.32. The van der Waals surface area contributed by atoms with Gasteiger partial charge in [-0.05, 0) is 6.42 Å². The summed E-state index contributed by atoms with van der Waals surface area (Å²) in [6.45, 7) is 4.52. The van der Waals surface area contributed by atoms with Gasteiger partial charge in [-0.25, -0.2) is 0 Å². The fourth-order valence-corrected chi connectivity index (χ4v) is 3.18. The smallest absolute Gasteiger partial charge is 0.233 e. The number of ether oxygens (including phenoxy) is 2. The Labute approximate surface area is 131 Å². The molecule has 0 saturated carbocycles. The van der Waals surface area contributed by atoms with Gasteiger partial charge in [-0.2, -0.15) is 0 Å². The average Bonchev–Trinajstić information content (AvgIpc) is 2.55. The van der Waals surface area contributed by atoms with Crippen LogP contribution in [0.1, 0.15) is 12.8 Å². The number of nitrogens with one attached hydrogen (secondary N) is 1. The minimum atomic E-state index is 0.00845. The zero-order valence-corrected chi connectivity index (χ0v) is 13.5. The molecule has 2 heterocycles. The standard InChI is InChI=1S/C15H27N3O4/c1-16-14(19)11-17-4-3-13(21-2)12(10-17)9-15(20)18-5-7-22-8-6-18/h12-13H,3-11H2,1-2H3,(H,16,19)/t12-,13-/m1/s1. The summed E-state index contributed by atoms with van der Waals surface area (Å²) in [5, 5.41) is 2.64. The highest BCUT2D eigenvalue weighted by Crippen LogP contribution is 2.23. The third-order valence-electron chi connectivity index (χ3n) is 4.50. The number of likely N-dealkylation sites (N-methyl/N-ethyl adjacent to an activating group) is 1. The zero-order chi connectivity index (χ0) is 15.9. The Morgan fingerprint density at radius 2 is 2.00 bits per heavy atom. The van der Waals surface area contributed by atoms with Crippen molar-refractivity contribution in [2.45, 2.75) is 18.9 Å². The lowest BCUT2D eigenvalue weighted by molar-refractivity contribution is -0.138. The number of likely N-dealkylation sites (tertiary alicyclic amines) is 1. The zero-order valence-electron chi connectivity index (χ0n) is 13.5. The minimum absolute atomic E-state index is 0.00845. The quantitative estimate of drug-likeness (QED) is 0.728. The van der Waals surface area contributed by atoms with Gasteiger partial charge in [0.05, 0.1) is 25.9 Å². The van der Waals surface area contributed by atoms with Gasteiger partial charge >= 0.3 is 0 Å². The molecule has 0 aliphatic carbocycles. The molecule has 126 valence electrons. The molecule has 2 atom stereocenters. The van der Waals surface area contributed by atoms with Crippen LogP contribution in [-0.4, -0.2) is 87.8 Å². The van der Waals surface area contributed by atoms with E-state index in [4.69, 9.17) is 9.47 Å². The molecule has 2 aliphatic heterocycles. The number of hydrogen-bond donors (Lipinski definition) is 1. The van der Waals surface area contributed by atoms with E-state index in [1.54, 1.807) is 14.2 Å². The third kappa shape index (κ3) is 4.66. The highest BCUT2D eigenvalue weighted by atomic mass is 16.5. The summed E-state index contributed by atoms with van der Waals surface area (Å²) in [5.74, 6) is 0.310. The number of amides is 2. The first-order valence-electron chi connectivity index (χ1n) is 7.95. The summed E-state index contributed by atoms with van der Waals surface area (Å²) in [7, 11) is 3.34. The van der Waals surface area contributed by atoms with E-state index in [0.717, 1.165) is 19.5 Å². The number of carbonyl (C=O) groups excluding carboxylic acids is 2. The van der Waals surface area contributed by atoms with E-state index in [1.807, 2.05) is 4.90 Å². The van der Waals surface area contributed by atoms with Gasteiger partial charge < -0.3 is 19.7 Å². The van der Waals surface area contributed by atoms with Crippen LogP contribution in [0.15, 0.2) is 0 Å². The molecule has 2 fully saturated rings. The predicted molar refractivity (Wildman–Crippen MR) is 81.4 cm³/mol. The van der Waals surface area contributed by atoms with Crippen molar-refractivity contribution in [1.29, 1.82) is 0 Å². The van der Waals surface area contributed by atoms with Crippen LogP contribution in [0.4, 0.5) is 0 Å². The van der Waals surface area contributed by atoms with Crippen molar-refractivity contribution >= 4 is 11.8 Å². The molecule has 0 bridgehead atoms. The molecule has 0 spiro atoms. The molecule has 7 nitrogen and oxygen atoms in total. The topological polar surface area (TPSA) is 71.1 Å². The molecule has 2 aliphatic rings. The molecule has 22 heavy (non-hydrogen) atoms. The van der Waals surface area contributed by atoms with Crippen LogP contribution in [0.25, 0.3) is 0 Å². The van der Waals surface area contributed by atoms with E-state index in [2.05, 4.69) is 10.2 Å². The van der Waals surface area contributed by atoms with Crippen molar-refractivity contribution in [3.63, 3.8) is 0 Å². The second-order valence-corrected chi connectivity index (χ2v) is 5.93. The van der Waals surface area contributed by atoms with Crippen LogP contribution in [0.2, 0.25) is 0 Å². The van der Waals surface area contributed by atoms with E-state index in [9.17, 15) is 9.59 Å². The first-order valence-corrected chi connectivity index (χ1v) is 7.95. The van der Waals surface area contributed by atoms with Crippen LogP contribution < -0.4 is 5.32 Å². The summed E-state index contributed by atoms with van der Waals surface area (Å²) in [6.07, 6.45) is 1.42. The molecule has 0 unspecified atom stereocenters. The van der Waals surface area contributed by atoms with Gasteiger partial charge in [0.25, 0.3) is 0 Å². The van der Waals surface area contributed by atoms with Crippen LogP contribution in [0.3, 0.4) is 0 Å². The Hall–Kier alpha value is -1.18. The Morgan fingerprint density at radius 1 is 1.27 bits per heavy atom. The SMILES string of the molecule is CNC(=O)CN1CC[C@@H](OC)[C@H](CC(=O)N2CCOCC2)C1. The molecule has 0 aromatic heterocycles. The maximum Gasteiger partial charge on any atom is 0.233 e. The van der Waals surface area contributed by atoms with Gasteiger partial charge in [-0.1, -0.05) is 0 Å². The highest BCUT2D eigenvalue weighted by molar-refractivity contribution is 5.78. The fourth-order valence-electron chi connectivity index (χ4n) is 3.18. The number of hydrogen-bond acceptors (Lipinski definition) is 5. The lowest BCUT2D eigenvalue weighted by Crippen LogP contribution is -2.49. The maximum atomic E-state index is 12.4. The summed E-state index contributed by atoms with van der Waals surface area (Å²) in [5.41, 5.74) is 0. The van der Waals surface area contributed by atoms with Crippen LogP contribution in [0.5, 0.6) is 0 Å². The lowest BCUT2D eigenvalue weighted by atomic mass is 9.91. The second kappa shape index (κ2) is 8.45. The maximum absolute atomic E-state index is 12.4. The molecule has 0 radical (unpaired) electrons. The molecule has 7 heteroatoms. The average molecular weight is 313 g/mol. The summed E-state index contributed by atoms with van der Waals surface area (Å²) >= 11 is 0. The first kappa shape index (κ1) is 17.2. The van der Waals surface area contributed by atoms with Gasteiger partial charge in [-0.15, -0.1) is 0 Å². The number of carbonyl (C=O) groups is 2. The van der Waals surface area contributed by atoms with E-state index in [1.165, 1.54) is 0 Å². The van der Waals surface area contributed by atoms with Crippen molar-refractivity contribution in [3.8, 4) is 0 Å². The number of piperidine rings is 1. The normalized spacial score (nSPS) is 26.7. The Morgan fingerprint density at radius 3 is 2.64 bits per heavy atom. The fraction of sp³-hybridized carbons (Fsp3) is 0.867. The van der Waals surface area contributed by atoms with Gasteiger partial charge in [0, 0.05) is 52.7 Å². The largest absolute Gasteiger partial charge is 0.381 e. The van der Waals surface area contributed by atoms with E-state index >= 15 is 0 Å². The molecular weight excluding hydrogens is 286 g/mol. The molecule has 1 N–H and O–H groups in total. The second-order valence-electron chi connectivity index (χ2n) is 5.93. The summed E-state index contributed by atoms with van der Waals surface area (Å²) < 4.78 is 10.8. The number of methoxy groups -OCH3 is 1. The summed E-state index contributed by atoms with van der Waals surface area (Å²) in [6, 6.07) is 0. The Kier molecular flexibility index (Phi) is 6.60. The molecular formula is C15H27N3O4. The molecule has 2 rings (SSSR count). The van der Waals surface area contributed by atoms with Crippen molar-refractivity contribution in [3.05, 3.63) is 0 Å². The van der Waals surface area contributed by atoms with Gasteiger partial charge in [0.1, 0.15) is 0 Å². The molecule has 2 saturated heterocycles. The number of nitrogens with zero attached hydrogens (tertiary/aromatic N) is 2. The van der Waals surface area contributed by atoms with E-state index in [-0.39, 0.29) is 23.8 Å². The van der Waals surface area contributed by atoms with E-state index in [0.29, 0.717) is 39.3 Å². The van der Waals surface area contributed by atoms with Gasteiger partial charge in [-0.3, -0.25) is 14.5 Å². The van der Waals surface area contributed by atoms with Gasteiger partial charge in [0.15, 0.2) is 0 Å². The van der Waals surface area contributed by atoms with E-state index < -0.39 is 0 Å². The van der Waals surface area contributed by atoms with Crippen molar-refractivity contribution in [2.24, 2.45) is 5.92 Å². The third-order valence-corrected chi connectivity index (χ3v) is 4.50. The Bertz CT molecular complexity index is 385. The monoisotopic (exact) mass is 313 g/mol. The van der Waals surface area contributed by atoms with Crippen molar-refractivity contribution in [2.75, 3.05) is 60.1 Å². The molecule has 2 amide bonds. The predicted octanol–water partition coefficient (Wildman–Crippen LogP) is -0.682. The van der Waals surface area contributed by atoms with Crippen LogP contribution in [0, 0.1) is 5.92 Å². The molecule has 0 aromatic carbocycles. The van der Waals surface area contributed by atoms with Gasteiger partial charge in [0.2, 0.25) is 11.8 Å². The number of morpholine rings is 1. The minimum Gasteiger partial charge on any atom is -0.381 e. The van der Waals surface area contributed by atoms with Crippen LogP contribution >= 0.6 is 0 Å². The van der Waals surface area contributed by atoms with Crippen molar-refractivity contribution in [1.82, 2.24) is 15.1 Å². The van der Waals surface area contributed by atoms with Crippen molar-refractivity contribution < 1.29 is 19.1 Å². The molecule has 0 aromatic rings. The first-order chi connectivity index (χ1) is 10.6. The Balaban J connectivity index is 1.89.